The Morgan fingerprint density at radius 3 is 2.38 bits per heavy atom. The van der Waals surface area contributed by atoms with Gasteiger partial charge in [-0.05, 0) is 42.7 Å². The highest BCUT2D eigenvalue weighted by atomic mass is 35.5. The number of hydrogen-bond acceptors (Lipinski definition) is 2. The van der Waals surface area contributed by atoms with E-state index in [1.807, 2.05) is 26.0 Å². The number of amides is 1. The Kier molecular flexibility index (Phi) is 6.18. The molecule has 2 aromatic carbocycles. The molecule has 2 rings (SSSR count). The van der Waals surface area contributed by atoms with E-state index in [0.717, 1.165) is 17.7 Å². The van der Waals surface area contributed by atoms with E-state index < -0.39 is 23.8 Å². The summed E-state index contributed by atoms with van der Waals surface area (Å²) in [4.78, 5) is 12.3. The van der Waals surface area contributed by atoms with Crippen LogP contribution in [0.2, 0.25) is 5.02 Å². The molecular formula is C19H19ClF3NO2. The third-order valence-electron chi connectivity index (χ3n) is 3.76. The molecule has 0 bridgehead atoms. The molecule has 0 aliphatic carbocycles. The first-order chi connectivity index (χ1) is 12.1. The number of rotatable bonds is 5. The van der Waals surface area contributed by atoms with Crippen molar-refractivity contribution in [1.29, 1.82) is 0 Å². The first-order valence-electron chi connectivity index (χ1n) is 8.02. The van der Waals surface area contributed by atoms with Crippen LogP contribution in [0.1, 0.15) is 37.8 Å². The van der Waals surface area contributed by atoms with E-state index in [1.54, 1.807) is 12.1 Å². The highest BCUT2D eigenvalue weighted by molar-refractivity contribution is 6.30. The van der Waals surface area contributed by atoms with Crippen molar-refractivity contribution in [3.8, 4) is 5.75 Å². The van der Waals surface area contributed by atoms with Crippen molar-refractivity contribution in [2.24, 2.45) is 0 Å². The second-order valence-corrected chi connectivity index (χ2v) is 6.57. The fourth-order valence-corrected chi connectivity index (χ4v) is 2.58. The Morgan fingerprint density at radius 1 is 1.12 bits per heavy atom. The van der Waals surface area contributed by atoms with Crippen LogP contribution in [0, 0.1) is 0 Å². The van der Waals surface area contributed by atoms with Gasteiger partial charge in [0.25, 0.3) is 5.91 Å². The molecule has 26 heavy (non-hydrogen) atoms. The first kappa shape index (κ1) is 20.1. The zero-order valence-electron chi connectivity index (χ0n) is 14.5. The standard InChI is InChI=1S/C19H19ClF3NO2/c1-11(2)14-6-4-5-7-17(14)26-12(3)18(25)24-16-9-8-13(20)10-15(16)19(21,22)23/h4-12H,1-3H3,(H,24,25). The molecule has 3 nitrogen and oxygen atoms in total. The van der Waals surface area contributed by atoms with Gasteiger partial charge in [-0.1, -0.05) is 43.6 Å². The highest BCUT2D eigenvalue weighted by Gasteiger charge is 2.34. The molecule has 0 saturated heterocycles. The second kappa shape index (κ2) is 7.99. The summed E-state index contributed by atoms with van der Waals surface area (Å²) in [5.74, 6) is 0.0169. The lowest BCUT2D eigenvalue weighted by Gasteiger charge is -2.20. The second-order valence-electron chi connectivity index (χ2n) is 6.13. The van der Waals surface area contributed by atoms with E-state index in [-0.39, 0.29) is 16.6 Å². The number of hydrogen-bond donors (Lipinski definition) is 1. The quantitative estimate of drug-likeness (QED) is 0.697. The molecule has 0 saturated carbocycles. The maximum Gasteiger partial charge on any atom is 0.418 e. The van der Waals surface area contributed by atoms with E-state index >= 15 is 0 Å². The van der Waals surface area contributed by atoms with Crippen molar-refractivity contribution in [3.63, 3.8) is 0 Å². The summed E-state index contributed by atoms with van der Waals surface area (Å²) in [5, 5.41) is 2.21. The molecule has 1 N–H and O–H groups in total. The van der Waals surface area contributed by atoms with Gasteiger partial charge in [0.15, 0.2) is 6.10 Å². The molecule has 0 radical (unpaired) electrons. The predicted molar refractivity (Wildman–Crippen MR) is 95.7 cm³/mol. The molecule has 0 aliphatic rings. The lowest BCUT2D eigenvalue weighted by Crippen LogP contribution is -2.31. The summed E-state index contributed by atoms with van der Waals surface area (Å²) in [6, 6.07) is 10.4. The van der Waals surface area contributed by atoms with Crippen molar-refractivity contribution in [2.45, 2.75) is 39.0 Å². The smallest absolute Gasteiger partial charge is 0.418 e. The molecule has 1 amide bonds. The van der Waals surface area contributed by atoms with Crippen molar-refractivity contribution in [2.75, 3.05) is 5.32 Å². The lowest BCUT2D eigenvalue weighted by atomic mass is 10.0. The van der Waals surface area contributed by atoms with Gasteiger partial charge in [0.1, 0.15) is 5.75 Å². The number of halogens is 4. The molecule has 0 fully saturated rings. The zero-order valence-corrected chi connectivity index (χ0v) is 15.3. The summed E-state index contributed by atoms with van der Waals surface area (Å²) in [6.45, 7) is 5.45. The van der Waals surface area contributed by atoms with E-state index in [0.29, 0.717) is 5.75 Å². The van der Waals surface area contributed by atoms with Gasteiger partial charge in [-0.3, -0.25) is 4.79 Å². The topological polar surface area (TPSA) is 38.3 Å². The lowest BCUT2D eigenvalue weighted by molar-refractivity contribution is -0.137. The number of carbonyl (C=O) groups excluding carboxylic acids is 1. The van der Waals surface area contributed by atoms with Crippen molar-refractivity contribution >= 4 is 23.2 Å². The van der Waals surface area contributed by atoms with Crippen LogP contribution in [0.25, 0.3) is 0 Å². The van der Waals surface area contributed by atoms with Gasteiger partial charge in [0.05, 0.1) is 11.3 Å². The number of carbonyl (C=O) groups is 1. The summed E-state index contributed by atoms with van der Waals surface area (Å²) in [6.07, 6.45) is -5.62. The average Bonchev–Trinajstić information content (AvgIpc) is 2.55. The minimum absolute atomic E-state index is 0.0644. The van der Waals surface area contributed by atoms with Crippen LogP contribution in [0.4, 0.5) is 18.9 Å². The van der Waals surface area contributed by atoms with Crippen molar-refractivity contribution < 1.29 is 22.7 Å². The van der Waals surface area contributed by atoms with Crippen molar-refractivity contribution in [3.05, 3.63) is 58.6 Å². The van der Waals surface area contributed by atoms with Gasteiger partial charge in [-0.2, -0.15) is 13.2 Å². The van der Waals surface area contributed by atoms with E-state index in [2.05, 4.69) is 5.32 Å². The molecule has 0 aliphatic heterocycles. The van der Waals surface area contributed by atoms with Gasteiger partial charge >= 0.3 is 6.18 Å². The van der Waals surface area contributed by atoms with Crippen LogP contribution in [0.3, 0.4) is 0 Å². The number of para-hydroxylation sites is 1. The van der Waals surface area contributed by atoms with Crippen LogP contribution >= 0.6 is 11.6 Å². The predicted octanol–water partition coefficient (Wildman–Crippen LogP) is 5.89. The van der Waals surface area contributed by atoms with Gasteiger partial charge in [0.2, 0.25) is 0 Å². The fourth-order valence-electron chi connectivity index (χ4n) is 2.40. The van der Waals surface area contributed by atoms with Crippen LogP contribution in [-0.2, 0) is 11.0 Å². The Balaban J connectivity index is 2.19. The largest absolute Gasteiger partial charge is 0.481 e. The van der Waals surface area contributed by atoms with E-state index in [9.17, 15) is 18.0 Å². The third-order valence-corrected chi connectivity index (χ3v) is 3.99. The van der Waals surface area contributed by atoms with Crippen LogP contribution in [0.15, 0.2) is 42.5 Å². The van der Waals surface area contributed by atoms with E-state index in [4.69, 9.17) is 16.3 Å². The number of benzene rings is 2. The SMILES string of the molecule is CC(Oc1ccccc1C(C)C)C(=O)Nc1ccc(Cl)cc1C(F)(F)F. The first-order valence-corrected chi connectivity index (χ1v) is 8.40. The number of ether oxygens (including phenoxy) is 1. The summed E-state index contributed by atoms with van der Waals surface area (Å²) in [7, 11) is 0. The molecule has 1 atom stereocenters. The Morgan fingerprint density at radius 2 is 1.77 bits per heavy atom. The normalized spacial score (nSPS) is 12.8. The van der Waals surface area contributed by atoms with Gasteiger partial charge in [-0.25, -0.2) is 0 Å². The minimum atomic E-state index is -4.64. The maximum atomic E-state index is 13.1. The van der Waals surface area contributed by atoms with E-state index in [1.165, 1.54) is 13.0 Å². The molecular weight excluding hydrogens is 367 g/mol. The molecule has 2 aromatic rings. The van der Waals surface area contributed by atoms with Crippen LogP contribution < -0.4 is 10.1 Å². The summed E-state index contributed by atoms with van der Waals surface area (Å²) < 4.78 is 45.1. The average molecular weight is 386 g/mol. The molecule has 7 heteroatoms. The van der Waals surface area contributed by atoms with Crippen LogP contribution in [-0.4, -0.2) is 12.0 Å². The number of anilines is 1. The monoisotopic (exact) mass is 385 g/mol. The summed E-state index contributed by atoms with van der Waals surface area (Å²) in [5.41, 5.74) is -0.456. The Labute approximate surface area is 155 Å². The molecule has 0 spiro atoms. The molecule has 140 valence electrons. The number of nitrogens with one attached hydrogen (secondary N) is 1. The zero-order chi connectivity index (χ0) is 19.5. The van der Waals surface area contributed by atoms with Crippen LogP contribution in [0.5, 0.6) is 5.75 Å². The fraction of sp³-hybridized carbons (Fsp3) is 0.316. The van der Waals surface area contributed by atoms with Gasteiger partial charge in [0, 0.05) is 5.02 Å². The maximum absolute atomic E-state index is 13.1. The molecule has 1 unspecified atom stereocenters. The molecule has 0 aromatic heterocycles. The summed E-state index contributed by atoms with van der Waals surface area (Å²) >= 11 is 5.64. The van der Waals surface area contributed by atoms with Crippen molar-refractivity contribution in [1.82, 2.24) is 0 Å². The van der Waals surface area contributed by atoms with Gasteiger partial charge in [-0.15, -0.1) is 0 Å². The highest BCUT2D eigenvalue weighted by Crippen LogP contribution is 2.36. The third kappa shape index (κ3) is 4.91. The minimum Gasteiger partial charge on any atom is -0.481 e. The molecule has 0 heterocycles. The van der Waals surface area contributed by atoms with Gasteiger partial charge < -0.3 is 10.1 Å². The number of alkyl halides is 3. The Bertz CT molecular complexity index is 791. The Hall–Kier alpha value is -2.21.